The van der Waals surface area contributed by atoms with Gasteiger partial charge in [-0.2, -0.15) is 0 Å². The zero-order valence-corrected chi connectivity index (χ0v) is 4.24. The minimum Gasteiger partial charge on any atom is -2.00 e. The van der Waals surface area contributed by atoms with Gasteiger partial charge in [0, 0.05) is 17.1 Å². The van der Waals surface area contributed by atoms with Crippen molar-refractivity contribution in [2.45, 2.75) is 0 Å². The largest absolute Gasteiger partial charge is 2.00 e. The van der Waals surface area contributed by atoms with Crippen molar-refractivity contribution >= 4 is 0 Å². The minimum absolute atomic E-state index is 0. The average Bonchev–Trinajstić information content (AvgIpc) is 0. The maximum atomic E-state index is 0. The first-order valence-corrected chi connectivity index (χ1v) is 0. The fourth-order valence-electron chi connectivity index (χ4n) is 0. The summed E-state index contributed by atoms with van der Waals surface area (Å²) in [6, 6.07) is 0. The van der Waals surface area contributed by atoms with Crippen molar-refractivity contribution in [2.24, 2.45) is 0 Å². The van der Waals surface area contributed by atoms with Crippen LogP contribution < -0.4 is 18.9 Å². The Balaban J connectivity index is 0. The van der Waals surface area contributed by atoms with E-state index in [1.165, 1.54) is 0 Å². The molecule has 0 bridgehead atoms. The number of hydrogen-bond donors (Lipinski definition) is 0. The van der Waals surface area contributed by atoms with Crippen LogP contribution in [0.4, 0.5) is 0 Å². The third-order valence-electron chi connectivity index (χ3n) is 0. The van der Waals surface area contributed by atoms with Gasteiger partial charge < -0.3 is 6.90 Å². The summed E-state index contributed by atoms with van der Waals surface area (Å²) >= 11 is 0. The van der Waals surface area contributed by atoms with Gasteiger partial charge in [-0.3, -0.25) is 0 Å². The van der Waals surface area contributed by atoms with Crippen LogP contribution in [-0.4, -0.2) is 0 Å². The van der Waals surface area contributed by atoms with E-state index in [0.717, 1.165) is 0 Å². The van der Waals surface area contributed by atoms with Crippen molar-refractivity contribution < 1.29 is 59.6 Å². The van der Waals surface area contributed by atoms with E-state index in [0.29, 0.717) is 0 Å². The molecule has 4 heteroatoms. The first-order chi connectivity index (χ1) is 0. The molecule has 0 aliphatic rings. The van der Waals surface area contributed by atoms with Crippen molar-refractivity contribution in [3.05, 3.63) is 0 Å². The molecule has 0 aromatic rings. The van der Waals surface area contributed by atoms with Gasteiger partial charge in [0.25, 0.3) is 0 Å². The van der Waals surface area contributed by atoms with Crippen LogP contribution in [0.15, 0.2) is 0 Å². The number of rotatable bonds is 0. The fraction of sp³-hybridized carbons (Fsp3) is 0. The first-order valence-electron chi connectivity index (χ1n) is 0. The summed E-state index contributed by atoms with van der Waals surface area (Å²) in [5.41, 5.74) is 0. The molecule has 0 saturated carbocycles. The van der Waals surface area contributed by atoms with Crippen molar-refractivity contribution in [3.63, 3.8) is 0 Å². The Morgan fingerprint density at radius 2 is 1.25 bits per heavy atom. The molecule has 0 aliphatic carbocycles. The molecule has 0 spiro atoms. The van der Waals surface area contributed by atoms with Crippen LogP contribution in [0.2, 0.25) is 0 Å². The van der Waals surface area contributed by atoms with E-state index < -0.39 is 0 Å². The van der Waals surface area contributed by atoms with Gasteiger partial charge in [0.2, 0.25) is 0 Å². The summed E-state index contributed by atoms with van der Waals surface area (Å²) in [6.45, 7) is 0. The van der Waals surface area contributed by atoms with Crippen LogP contribution in [0.3, 0.4) is 0 Å². The molecular formula is HCoFeLiO. The molecule has 4 heavy (non-hydrogen) atoms. The second-order valence-electron chi connectivity index (χ2n) is 0. The third kappa shape index (κ3) is 9.54. The van der Waals surface area contributed by atoms with E-state index in [4.69, 9.17) is 0 Å². The van der Waals surface area contributed by atoms with Gasteiger partial charge in [0.1, 0.15) is 0 Å². The summed E-state index contributed by atoms with van der Waals surface area (Å²) < 4.78 is 0. The Morgan fingerprint density at radius 1 is 1.25 bits per heavy atom. The van der Waals surface area contributed by atoms with Gasteiger partial charge in [-0.15, -0.1) is 0 Å². The maximum Gasteiger partial charge on any atom is 2.00 e. The standard InChI is InChI=1S/Co.Fe.Li.O.H/q+2;;+1;-2;-1. The molecule has 25 valence electrons. The van der Waals surface area contributed by atoms with Gasteiger partial charge in [-0.25, -0.2) is 0 Å². The van der Waals surface area contributed by atoms with Gasteiger partial charge in [0.05, 0.1) is 0 Å². The van der Waals surface area contributed by atoms with Crippen molar-refractivity contribution in [1.82, 2.24) is 0 Å². The molecular weight excluding hydrogens is 138 g/mol. The molecule has 0 saturated heterocycles. The van der Waals surface area contributed by atoms with Crippen LogP contribution in [0.5, 0.6) is 0 Å². The molecule has 1 nitrogen and oxygen atoms in total. The van der Waals surface area contributed by atoms with Crippen LogP contribution in [-0.2, 0) is 39.3 Å². The quantitative estimate of drug-likeness (QED) is 0.320. The smallest absolute Gasteiger partial charge is 2.00 e. The molecule has 0 heterocycles. The summed E-state index contributed by atoms with van der Waals surface area (Å²) in [5.74, 6) is 0. The molecule has 0 aliphatic heterocycles. The molecule has 1 radical (unpaired) electrons. The summed E-state index contributed by atoms with van der Waals surface area (Å²) in [5, 5.41) is 0. The maximum absolute atomic E-state index is 0. The average molecular weight is 139 g/mol. The van der Waals surface area contributed by atoms with Crippen LogP contribution in [0, 0.1) is 0 Å². The van der Waals surface area contributed by atoms with Crippen molar-refractivity contribution in [1.29, 1.82) is 0 Å². The number of hydrogen-bond acceptors (Lipinski definition) is 0. The van der Waals surface area contributed by atoms with Crippen LogP contribution in [0.25, 0.3) is 0 Å². The molecule has 0 fully saturated rings. The molecule has 0 rings (SSSR count). The van der Waals surface area contributed by atoms with Gasteiger partial charge >= 0.3 is 35.6 Å². The topological polar surface area (TPSA) is 28.5 Å². The third-order valence-corrected chi connectivity index (χ3v) is 0. The Labute approximate surface area is 59.5 Å². The van der Waals surface area contributed by atoms with E-state index >= 15 is 0 Å². The Morgan fingerprint density at radius 3 is 1.25 bits per heavy atom. The van der Waals surface area contributed by atoms with Gasteiger partial charge in [-0.1, -0.05) is 0 Å². The summed E-state index contributed by atoms with van der Waals surface area (Å²) in [7, 11) is 0. The Kier molecular flexibility index (Phi) is 275. The van der Waals surface area contributed by atoms with Crippen molar-refractivity contribution in [2.75, 3.05) is 0 Å². The predicted octanol–water partition coefficient (Wildman–Crippen LogP) is -3.01. The minimum atomic E-state index is 0. The normalized spacial score (nSPS) is 0. The molecule has 0 aromatic carbocycles. The fourth-order valence-corrected chi connectivity index (χ4v) is 0. The van der Waals surface area contributed by atoms with Crippen LogP contribution >= 0.6 is 0 Å². The zero-order chi connectivity index (χ0) is 0. The van der Waals surface area contributed by atoms with E-state index in [-0.39, 0.29) is 59.6 Å². The molecule has 0 unspecified atom stereocenters. The van der Waals surface area contributed by atoms with E-state index in [1.54, 1.807) is 0 Å². The molecule has 0 aromatic heterocycles. The summed E-state index contributed by atoms with van der Waals surface area (Å²) in [6.07, 6.45) is 0. The second-order valence-corrected chi connectivity index (χ2v) is 0. The summed E-state index contributed by atoms with van der Waals surface area (Å²) in [4.78, 5) is 0. The monoisotopic (exact) mass is 139 g/mol. The zero-order valence-electron chi connectivity index (χ0n) is 3.10. The van der Waals surface area contributed by atoms with E-state index in [2.05, 4.69) is 0 Å². The second kappa shape index (κ2) is 23.5. The van der Waals surface area contributed by atoms with Gasteiger partial charge in [0.15, 0.2) is 0 Å². The predicted molar refractivity (Wildman–Crippen MR) is 1.80 cm³/mol. The SMILES string of the molecule is [Co+2].[Fe].[H-].[Li+].[O-2]. The Bertz CT molecular complexity index is 11.6. The Hall–Kier alpha value is 1.58. The first kappa shape index (κ1) is 46.8. The van der Waals surface area contributed by atoms with Crippen LogP contribution in [0.1, 0.15) is 1.43 Å². The molecule has 0 atom stereocenters. The van der Waals surface area contributed by atoms with Crippen molar-refractivity contribution in [3.8, 4) is 0 Å². The van der Waals surface area contributed by atoms with E-state index in [1.807, 2.05) is 0 Å². The van der Waals surface area contributed by atoms with E-state index in [9.17, 15) is 0 Å². The molecule has 0 N–H and O–H groups in total. The van der Waals surface area contributed by atoms with Gasteiger partial charge in [-0.05, 0) is 0 Å². The molecule has 0 amide bonds.